The molecule has 158 valence electrons. The van der Waals surface area contributed by atoms with Crippen LogP contribution < -0.4 is 0 Å². The maximum atomic E-state index is 9.40. The Morgan fingerprint density at radius 3 is 1.61 bits per heavy atom. The highest BCUT2D eigenvalue weighted by Crippen LogP contribution is 2.38. The minimum absolute atomic E-state index is 0.384. The number of hydrogen-bond donors (Lipinski definition) is 1. The van der Waals surface area contributed by atoms with Crippen molar-refractivity contribution in [1.82, 2.24) is 0 Å². The van der Waals surface area contributed by atoms with Gasteiger partial charge in [-0.2, -0.15) is 0 Å². The molecule has 0 aromatic heterocycles. The average molecular weight is 385 g/mol. The summed E-state index contributed by atoms with van der Waals surface area (Å²) in [6, 6.07) is 7.81. The molecule has 28 heavy (non-hydrogen) atoms. The van der Waals surface area contributed by atoms with Gasteiger partial charge in [0.25, 0.3) is 0 Å². The quantitative estimate of drug-likeness (QED) is 0.402. The summed E-state index contributed by atoms with van der Waals surface area (Å²) in [4.78, 5) is 0. The summed E-state index contributed by atoms with van der Waals surface area (Å²) in [6.07, 6.45) is 23.3. The number of rotatable bonds is 10. The van der Waals surface area contributed by atoms with Crippen molar-refractivity contribution in [2.24, 2.45) is 23.7 Å². The van der Waals surface area contributed by atoms with Gasteiger partial charge >= 0.3 is 0 Å². The van der Waals surface area contributed by atoms with Gasteiger partial charge < -0.3 is 5.11 Å². The van der Waals surface area contributed by atoms with Gasteiger partial charge in [-0.1, -0.05) is 109 Å². The molecular formula is C27H44O. The topological polar surface area (TPSA) is 20.2 Å². The lowest BCUT2D eigenvalue weighted by Crippen LogP contribution is -2.18. The third kappa shape index (κ3) is 7.45. The molecule has 1 N–H and O–H groups in total. The van der Waals surface area contributed by atoms with Crippen LogP contribution in [0.4, 0.5) is 0 Å². The number of phenols is 1. The van der Waals surface area contributed by atoms with Crippen molar-refractivity contribution < 1.29 is 5.11 Å². The zero-order valence-corrected chi connectivity index (χ0v) is 18.4. The van der Waals surface area contributed by atoms with Gasteiger partial charge in [0.1, 0.15) is 5.75 Å². The van der Waals surface area contributed by atoms with Crippen molar-refractivity contribution >= 4 is 0 Å². The summed E-state index contributed by atoms with van der Waals surface area (Å²) in [5, 5.41) is 9.40. The number of aromatic hydroxyl groups is 1. The van der Waals surface area contributed by atoms with E-state index < -0.39 is 0 Å². The molecular weight excluding hydrogens is 340 g/mol. The molecule has 1 nitrogen and oxygen atoms in total. The molecule has 0 saturated heterocycles. The molecule has 2 fully saturated rings. The van der Waals surface area contributed by atoms with Gasteiger partial charge in [0, 0.05) is 0 Å². The largest absolute Gasteiger partial charge is 0.508 e. The number of unbranched alkanes of at least 4 members (excludes halogenated alkanes) is 2. The molecule has 0 bridgehead atoms. The van der Waals surface area contributed by atoms with Gasteiger partial charge in [-0.15, -0.1) is 0 Å². The maximum Gasteiger partial charge on any atom is 0.115 e. The Kier molecular flexibility index (Phi) is 9.22. The van der Waals surface area contributed by atoms with Crippen LogP contribution in [0.1, 0.15) is 109 Å². The van der Waals surface area contributed by atoms with Gasteiger partial charge in [0.15, 0.2) is 0 Å². The Balaban J connectivity index is 1.24. The van der Waals surface area contributed by atoms with E-state index in [0.717, 1.165) is 23.7 Å². The van der Waals surface area contributed by atoms with Crippen molar-refractivity contribution in [3.63, 3.8) is 0 Å². The highest BCUT2D eigenvalue weighted by atomic mass is 16.3. The van der Waals surface area contributed by atoms with Crippen LogP contribution in [0, 0.1) is 23.7 Å². The highest BCUT2D eigenvalue weighted by molar-refractivity contribution is 5.25. The predicted octanol–water partition coefficient (Wildman–Crippen LogP) is 8.30. The normalized spacial score (nSPS) is 28.3. The SMILES string of the molecule is CCCCCC1CCC(CCC2CCC(CCc3ccc(O)cc3)CC2)CC1. The van der Waals surface area contributed by atoms with E-state index in [-0.39, 0.29) is 0 Å². The van der Waals surface area contributed by atoms with E-state index in [2.05, 4.69) is 19.1 Å². The maximum absolute atomic E-state index is 9.40. The van der Waals surface area contributed by atoms with Crippen LogP contribution in [0.3, 0.4) is 0 Å². The second kappa shape index (κ2) is 11.9. The molecule has 0 atom stereocenters. The second-order valence-corrected chi connectivity index (χ2v) is 10.1. The summed E-state index contributed by atoms with van der Waals surface area (Å²) in [5.41, 5.74) is 1.38. The standard InChI is InChI=1S/C27H44O/c1-2-3-4-5-22-6-8-23(9-7-22)10-11-24-12-14-25(15-13-24)16-17-26-18-20-27(28)21-19-26/h18-25,28H,2-17H2,1H3. The Labute approximate surface area is 174 Å². The van der Waals surface area contributed by atoms with Crippen LogP contribution in [0.2, 0.25) is 0 Å². The smallest absolute Gasteiger partial charge is 0.115 e. The first-order valence-electron chi connectivity index (χ1n) is 12.5. The molecule has 0 unspecified atom stereocenters. The minimum atomic E-state index is 0.384. The van der Waals surface area contributed by atoms with Crippen molar-refractivity contribution in [3.05, 3.63) is 29.8 Å². The van der Waals surface area contributed by atoms with Crippen LogP contribution >= 0.6 is 0 Å². The molecule has 0 radical (unpaired) electrons. The summed E-state index contributed by atoms with van der Waals surface area (Å²) in [5.74, 6) is 4.45. The average Bonchev–Trinajstić information content (AvgIpc) is 2.74. The second-order valence-electron chi connectivity index (χ2n) is 10.1. The molecule has 2 aliphatic carbocycles. The lowest BCUT2D eigenvalue weighted by atomic mass is 9.74. The first kappa shape index (κ1) is 21.7. The fourth-order valence-electron chi connectivity index (χ4n) is 5.81. The summed E-state index contributed by atoms with van der Waals surface area (Å²) < 4.78 is 0. The third-order valence-electron chi connectivity index (χ3n) is 7.91. The van der Waals surface area contributed by atoms with Gasteiger partial charge in [0.05, 0.1) is 0 Å². The Morgan fingerprint density at radius 1 is 0.643 bits per heavy atom. The van der Waals surface area contributed by atoms with E-state index in [1.54, 1.807) is 0 Å². The molecule has 1 aromatic rings. The van der Waals surface area contributed by atoms with Gasteiger partial charge in [-0.3, -0.25) is 0 Å². The number of aryl methyl sites for hydroxylation is 1. The molecule has 0 spiro atoms. The summed E-state index contributed by atoms with van der Waals surface area (Å²) >= 11 is 0. The molecule has 0 aliphatic heterocycles. The molecule has 2 aliphatic rings. The van der Waals surface area contributed by atoms with Crippen LogP contribution in [0.25, 0.3) is 0 Å². The van der Waals surface area contributed by atoms with Gasteiger partial charge in [-0.25, -0.2) is 0 Å². The fourth-order valence-corrected chi connectivity index (χ4v) is 5.81. The van der Waals surface area contributed by atoms with Crippen LogP contribution in [0.5, 0.6) is 5.75 Å². The number of benzene rings is 1. The fraction of sp³-hybridized carbons (Fsp3) is 0.778. The lowest BCUT2D eigenvalue weighted by molar-refractivity contribution is 0.208. The monoisotopic (exact) mass is 384 g/mol. The molecule has 2 saturated carbocycles. The van der Waals surface area contributed by atoms with E-state index in [0.29, 0.717) is 5.75 Å². The Morgan fingerprint density at radius 2 is 1.11 bits per heavy atom. The first-order chi connectivity index (χ1) is 13.7. The first-order valence-corrected chi connectivity index (χ1v) is 12.5. The van der Waals surface area contributed by atoms with Crippen molar-refractivity contribution in [2.75, 3.05) is 0 Å². The number of phenolic OH excluding ortho intramolecular Hbond substituents is 1. The molecule has 0 amide bonds. The Bertz CT molecular complexity index is 518. The molecule has 1 heteroatoms. The predicted molar refractivity (Wildman–Crippen MR) is 121 cm³/mol. The van der Waals surface area contributed by atoms with E-state index in [1.807, 2.05) is 12.1 Å². The van der Waals surface area contributed by atoms with Crippen LogP contribution in [0.15, 0.2) is 24.3 Å². The Hall–Kier alpha value is -0.980. The minimum Gasteiger partial charge on any atom is -0.508 e. The highest BCUT2D eigenvalue weighted by Gasteiger charge is 2.24. The van der Waals surface area contributed by atoms with E-state index in [9.17, 15) is 5.11 Å². The van der Waals surface area contributed by atoms with Crippen molar-refractivity contribution in [3.8, 4) is 5.75 Å². The molecule has 1 aromatic carbocycles. The van der Waals surface area contributed by atoms with Gasteiger partial charge in [-0.05, 0) is 54.2 Å². The number of hydrogen-bond acceptors (Lipinski definition) is 1. The van der Waals surface area contributed by atoms with Crippen molar-refractivity contribution in [2.45, 2.75) is 110 Å². The molecule has 0 heterocycles. The zero-order valence-electron chi connectivity index (χ0n) is 18.4. The third-order valence-corrected chi connectivity index (χ3v) is 7.91. The van der Waals surface area contributed by atoms with Gasteiger partial charge in [0.2, 0.25) is 0 Å². The van der Waals surface area contributed by atoms with E-state index >= 15 is 0 Å². The van der Waals surface area contributed by atoms with Crippen molar-refractivity contribution in [1.29, 1.82) is 0 Å². The summed E-state index contributed by atoms with van der Waals surface area (Å²) in [7, 11) is 0. The van der Waals surface area contributed by atoms with Crippen LogP contribution in [-0.4, -0.2) is 5.11 Å². The van der Waals surface area contributed by atoms with E-state index in [4.69, 9.17) is 0 Å². The van der Waals surface area contributed by atoms with Crippen LogP contribution in [-0.2, 0) is 6.42 Å². The zero-order chi connectivity index (χ0) is 19.6. The lowest BCUT2D eigenvalue weighted by Gasteiger charge is -2.32. The molecule has 3 rings (SSSR count). The summed E-state index contributed by atoms with van der Waals surface area (Å²) in [6.45, 7) is 2.32. The van der Waals surface area contributed by atoms with E-state index in [1.165, 1.54) is 108 Å².